The molecule has 6 heteroatoms. The Morgan fingerprint density at radius 3 is 2.43 bits per heavy atom. The molecular weight excluding hydrogens is 270 g/mol. The molecule has 0 aromatic rings. The van der Waals surface area contributed by atoms with Crippen molar-refractivity contribution in [3.05, 3.63) is 0 Å². The number of β-amino-alcohol motifs (C(OH)–C–C–N with tert-alkyl or cyclic N) is 1. The van der Waals surface area contributed by atoms with Crippen LogP contribution in [-0.4, -0.2) is 96.9 Å². The number of ether oxygens (including phenoxy) is 1. The lowest BCUT2D eigenvalue weighted by molar-refractivity contribution is -0.144. The van der Waals surface area contributed by atoms with Gasteiger partial charge in [-0.25, -0.2) is 0 Å². The first kappa shape index (κ1) is 16.7. The van der Waals surface area contributed by atoms with Crippen LogP contribution < -0.4 is 0 Å². The van der Waals surface area contributed by atoms with Crippen molar-refractivity contribution in [3.8, 4) is 0 Å². The van der Waals surface area contributed by atoms with Crippen LogP contribution in [0.2, 0.25) is 0 Å². The average molecular weight is 299 g/mol. The molecule has 2 fully saturated rings. The Labute approximate surface area is 127 Å². The zero-order valence-electron chi connectivity index (χ0n) is 13.7. The highest BCUT2D eigenvalue weighted by Gasteiger charge is 2.34. The Balaban J connectivity index is 1.91. The molecule has 2 saturated heterocycles. The van der Waals surface area contributed by atoms with Crippen molar-refractivity contribution in [1.82, 2.24) is 14.7 Å². The minimum Gasteiger partial charge on any atom is -0.392 e. The summed E-state index contributed by atoms with van der Waals surface area (Å²) in [6.45, 7) is 7.21. The van der Waals surface area contributed by atoms with Crippen molar-refractivity contribution in [1.29, 1.82) is 0 Å². The predicted molar refractivity (Wildman–Crippen MR) is 81.1 cm³/mol. The third-order valence-corrected chi connectivity index (χ3v) is 4.19. The van der Waals surface area contributed by atoms with Crippen molar-refractivity contribution in [3.63, 3.8) is 0 Å². The highest BCUT2D eigenvalue weighted by molar-refractivity contribution is 5.78. The van der Waals surface area contributed by atoms with Crippen LogP contribution in [0.1, 0.15) is 20.3 Å². The van der Waals surface area contributed by atoms with Gasteiger partial charge < -0.3 is 19.6 Å². The van der Waals surface area contributed by atoms with Crippen LogP contribution in [0, 0.1) is 0 Å². The van der Waals surface area contributed by atoms with Gasteiger partial charge in [0, 0.05) is 32.2 Å². The molecule has 0 saturated carbocycles. The zero-order valence-corrected chi connectivity index (χ0v) is 13.7. The molecule has 21 heavy (non-hydrogen) atoms. The second-order valence-corrected chi connectivity index (χ2v) is 6.79. The Bertz CT molecular complexity index is 354. The van der Waals surface area contributed by atoms with E-state index in [0.717, 1.165) is 13.0 Å². The Kier molecular flexibility index (Phi) is 5.60. The topological polar surface area (TPSA) is 56.2 Å². The molecule has 0 spiro atoms. The number of morpholine rings is 1. The number of aliphatic hydroxyl groups is 1. The van der Waals surface area contributed by atoms with Gasteiger partial charge in [-0.3, -0.25) is 9.69 Å². The molecule has 0 bridgehead atoms. The minimum absolute atomic E-state index is 0.0967. The molecule has 0 aromatic carbocycles. The maximum atomic E-state index is 12.5. The summed E-state index contributed by atoms with van der Waals surface area (Å²) in [5.41, 5.74) is 0. The maximum Gasteiger partial charge on any atom is 0.236 e. The summed E-state index contributed by atoms with van der Waals surface area (Å²) in [6.07, 6.45) is 0.630. The Morgan fingerprint density at radius 2 is 1.86 bits per heavy atom. The molecule has 2 aliphatic heterocycles. The first-order valence-electron chi connectivity index (χ1n) is 7.85. The monoisotopic (exact) mass is 299 g/mol. The summed E-state index contributed by atoms with van der Waals surface area (Å²) < 4.78 is 5.67. The number of nitrogens with zero attached hydrogens (tertiary/aromatic N) is 3. The van der Waals surface area contributed by atoms with Gasteiger partial charge in [-0.1, -0.05) is 0 Å². The van der Waals surface area contributed by atoms with E-state index in [1.165, 1.54) is 0 Å². The SMILES string of the molecule is CC1CN(C(=O)CN2CC(O)CC2CN(C)C)CC(C)O1. The third-order valence-electron chi connectivity index (χ3n) is 4.19. The Morgan fingerprint density at radius 1 is 1.24 bits per heavy atom. The number of likely N-dealkylation sites (N-methyl/N-ethyl adjacent to an activating group) is 1. The van der Waals surface area contributed by atoms with Crippen LogP contribution in [-0.2, 0) is 9.53 Å². The van der Waals surface area contributed by atoms with E-state index < -0.39 is 0 Å². The highest BCUT2D eigenvalue weighted by Crippen LogP contribution is 2.19. The molecular formula is C15H29N3O3. The van der Waals surface area contributed by atoms with Gasteiger partial charge in [-0.15, -0.1) is 0 Å². The summed E-state index contributed by atoms with van der Waals surface area (Å²) in [5, 5.41) is 9.89. The minimum atomic E-state index is -0.315. The molecule has 2 aliphatic rings. The number of amides is 1. The second-order valence-electron chi connectivity index (χ2n) is 6.79. The van der Waals surface area contributed by atoms with Crippen LogP contribution in [0.15, 0.2) is 0 Å². The lowest BCUT2D eigenvalue weighted by Gasteiger charge is -2.36. The van der Waals surface area contributed by atoms with Crippen LogP contribution >= 0.6 is 0 Å². The van der Waals surface area contributed by atoms with E-state index in [-0.39, 0.29) is 30.3 Å². The first-order chi connectivity index (χ1) is 9.85. The van der Waals surface area contributed by atoms with Gasteiger partial charge in [-0.2, -0.15) is 0 Å². The van der Waals surface area contributed by atoms with Gasteiger partial charge >= 0.3 is 0 Å². The number of hydrogen-bond donors (Lipinski definition) is 1. The van der Waals surface area contributed by atoms with Crippen LogP contribution in [0.5, 0.6) is 0 Å². The fraction of sp³-hybridized carbons (Fsp3) is 0.933. The second kappa shape index (κ2) is 7.05. The van der Waals surface area contributed by atoms with Crippen molar-refractivity contribution < 1.29 is 14.6 Å². The smallest absolute Gasteiger partial charge is 0.236 e. The van der Waals surface area contributed by atoms with Gasteiger partial charge in [0.15, 0.2) is 0 Å². The highest BCUT2D eigenvalue weighted by atomic mass is 16.5. The number of rotatable bonds is 4. The lowest BCUT2D eigenvalue weighted by Crippen LogP contribution is -2.52. The van der Waals surface area contributed by atoms with Crippen LogP contribution in [0.3, 0.4) is 0 Å². The molecule has 122 valence electrons. The van der Waals surface area contributed by atoms with Gasteiger partial charge in [0.2, 0.25) is 5.91 Å². The van der Waals surface area contributed by atoms with Gasteiger partial charge in [0.1, 0.15) is 0 Å². The lowest BCUT2D eigenvalue weighted by atomic mass is 10.2. The first-order valence-corrected chi connectivity index (χ1v) is 7.85. The number of hydrogen-bond acceptors (Lipinski definition) is 5. The van der Waals surface area contributed by atoms with Gasteiger partial charge in [0.25, 0.3) is 0 Å². The third kappa shape index (κ3) is 4.64. The van der Waals surface area contributed by atoms with Crippen molar-refractivity contribution in [2.75, 3.05) is 46.8 Å². The van der Waals surface area contributed by atoms with E-state index in [9.17, 15) is 9.90 Å². The summed E-state index contributed by atoms with van der Waals surface area (Å²) in [5.74, 6) is 0.148. The molecule has 6 nitrogen and oxygen atoms in total. The molecule has 2 heterocycles. The fourth-order valence-corrected chi connectivity index (χ4v) is 3.42. The standard InChI is InChI=1S/C15H29N3O3/c1-11-6-18(7-12(2)21-11)15(20)10-17-9-14(19)5-13(17)8-16(3)4/h11-14,19H,5-10H2,1-4H3. The predicted octanol–water partition coefficient (Wildman–Crippen LogP) is -0.381. The van der Waals surface area contributed by atoms with Crippen molar-refractivity contribution >= 4 is 5.91 Å². The molecule has 1 N–H and O–H groups in total. The van der Waals surface area contributed by atoms with E-state index in [1.807, 2.05) is 32.8 Å². The zero-order chi connectivity index (χ0) is 15.6. The van der Waals surface area contributed by atoms with Crippen molar-refractivity contribution in [2.45, 2.75) is 44.6 Å². The Hall–Kier alpha value is -0.690. The van der Waals surface area contributed by atoms with Crippen LogP contribution in [0.25, 0.3) is 0 Å². The maximum absolute atomic E-state index is 12.5. The van der Waals surface area contributed by atoms with Crippen molar-refractivity contribution in [2.24, 2.45) is 0 Å². The number of carbonyl (C=O) groups excluding carboxylic acids is 1. The molecule has 4 unspecified atom stereocenters. The quantitative estimate of drug-likeness (QED) is 0.767. The number of likely N-dealkylation sites (tertiary alicyclic amines) is 1. The average Bonchev–Trinajstić information content (AvgIpc) is 2.67. The molecule has 0 aromatic heterocycles. The summed E-state index contributed by atoms with van der Waals surface area (Å²) in [6, 6.07) is 0.259. The normalized spacial score (nSPS) is 34.7. The van der Waals surface area contributed by atoms with E-state index in [1.54, 1.807) is 0 Å². The summed E-state index contributed by atoms with van der Waals surface area (Å²) >= 11 is 0. The van der Waals surface area contributed by atoms with E-state index in [2.05, 4.69) is 9.80 Å². The number of aliphatic hydroxyl groups excluding tert-OH is 1. The molecule has 1 amide bonds. The van der Waals surface area contributed by atoms with E-state index in [4.69, 9.17) is 4.74 Å². The number of carbonyl (C=O) groups is 1. The largest absolute Gasteiger partial charge is 0.392 e. The summed E-state index contributed by atoms with van der Waals surface area (Å²) in [7, 11) is 4.05. The summed E-state index contributed by atoms with van der Waals surface area (Å²) in [4.78, 5) is 18.6. The fourth-order valence-electron chi connectivity index (χ4n) is 3.42. The molecule has 0 radical (unpaired) electrons. The van der Waals surface area contributed by atoms with E-state index >= 15 is 0 Å². The molecule has 2 rings (SSSR count). The van der Waals surface area contributed by atoms with Gasteiger partial charge in [0.05, 0.1) is 24.9 Å². The molecule has 4 atom stereocenters. The van der Waals surface area contributed by atoms with E-state index in [0.29, 0.717) is 26.2 Å². The molecule has 0 aliphatic carbocycles. The van der Waals surface area contributed by atoms with Crippen LogP contribution in [0.4, 0.5) is 0 Å². The van der Waals surface area contributed by atoms with Gasteiger partial charge in [-0.05, 0) is 34.4 Å².